The number of ether oxygens (including phenoxy) is 1. The third kappa shape index (κ3) is 4.43. The first-order valence-electron chi connectivity index (χ1n) is 9.15. The molecule has 1 aromatic carbocycles. The number of phenols is 2. The Morgan fingerprint density at radius 2 is 1.79 bits per heavy atom. The highest BCUT2D eigenvalue weighted by atomic mass is 16.5. The number of Topliss-reactive ketones (excluding diaryl/α,β-unsaturated/α-hetero) is 1. The van der Waals surface area contributed by atoms with E-state index in [1.807, 2.05) is 13.8 Å². The van der Waals surface area contributed by atoms with Gasteiger partial charge in [0.2, 0.25) is 0 Å². The van der Waals surface area contributed by atoms with Crippen LogP contribution in [0.25, 0.3) is 0 Å². The van der Waals surface area contributed by atoms with Crippen LogP contribution in [0.3, 0.4) is 0 Å². The van der Waals surface area contributed by atoms with Crippen molar-refractivity contribution in [3.8, 4) is 17.2 Å². The molecule has 0 saturated carbocycles. The van der Waals surface area contributed by atoms with Gasteiger partial charge in [-0.15, -0.1) is 0 Å². The Morgan fingerprint density at radius 1 is 1.12 bits per heavy atom. The van der Waals surface area contributed by atoms with Crippen molar-refractivity contribution in [3.63, 3.8) is 0 Å². The van der Waals surface area contributed by atoms with Gasteiger partial charge in [0.25, 0.3) is 0 Å². The summed E-state index contributed by atoms with van der Waals surface area (Å²) in [6.07, 6.45) is 8.46. The smallest absolute Gasteiger partial charge is 0.170 e. The van der Waals surface area contributed by atoms with Gasteiger partial charge in [-0.05, 0) is 33.1 Å². The van der Waals surface area contributed by atoms with E-state index >= 15 is 0 Å². The van der Waals surface area contributed by atoms with Crippen molar-refractivity contribution in [2.45, 2.75) is 84.2 Å². The highest BCUT2D eigenvalue weighted by Crippen LogP contribution is 2.45. The van der Waals surface area contributed by atoms with Gasteiger partial charge in [0, 0.05) is 18.1 Å². The van der Waals surface area contributed by atoms with E-state index in [0.717, 1.165) is 25.7 Å². The minimum atomic E-state index is -0.400. The molecule has 2 N–H and O–H groups in total. The Morgan fingerprint density at radius 3 is 2.50 bits per heavy atom. The monoisotopic (exact) mass is 334 g/mol. The number of carbonyl (C=O) groups is 1. The van der Waals surface area contributed by atoms with E-state index in [2.05, 4.69) is 6.92 Å². The number of hydrogen-bond donors (Lipinski definition) is 2. The van der Waals surface area contributed by atoms with Crippen molar-refractivity contribution in [2.24, 2.45) is 0 Å². The SMILES string of the molecule is CCCCCCCCC(=O)c1c(O)cc(O)c2c1OC(C)(C)CC2. The second-order valence-electron chi connectivity index (χ2n) is 7.40. The van der Waals surface area contributed by atoms with Crippen LogP contribution in [0.4, 0.5) is 0 Å². The summed E-state index contributed by atoms with van der Waals surface area (Å²) < 4.78 is 5.95. The van der Waals surface area contributed by atoms with Crippen LogP contribution in [0.2, 0.25) is 0 Å². The zero-order chi connectivity index (χ0) is 17.7. The van der Waals surface area contributed by atoms with Gasteiger partial charge in [-0.25, -0.2) is 0 Å². The second-order valence-corrected chi connectivity index (χ2v) is 7.40. The predicted molar refractivity (Wildman–Crippen MR) is 95.1 cm³/mol. The fourth-order valence-corrected chi connectivity index (χ4v) is 3.24. The maximum Gasteiger partial charge on any atom is 0.170 e. The van der Waals surface area contributed by atoms with Gasteiger partial charge in [-0.3, -0.25) is 4.79 Å². The molecule has 0 amide bonds. The van der Waals surface area contributed by atoms with E-state index in [4.69, 9.17) is 4.74 Å². The summed E-state index contributed by atoms with van der Waals surface area (Å²) in [6.45, 7) is 6.10. The average Bonchev–Trinajstić information content (AvgIpc) is 2.49. The van der Waals surface area contributed by atoms with Crippen molar-refractivity contribution in [1.29, 1.82) is 0 Å². The topological polar surface area (TPSA) is 66.8 Å². The summed E-state index contributed by atoms with van der Waals surface area (Å²) >= 11 is 0. The minimum Gasteiger partial charge on any atom is -0.507 e. The lowest BCUT2D eigenvalue weighted by Gasteiger charge is -2.34. The van der Waals surface area contributed by atoms with E-state index < -0.39 is 5.60 Å². The van der Waals surface area contributed by atoms with Crippen molar-refractivity contribution in [2.75, 3.05) is 0 Å². The predicted octanol–water partition coefficient (Wildman–Crippen LogP) is 5.13. The number of hydrogen-bond acceptors (Lipinski definition) is 4. The van der Waals surface area contributed by atoms with Crippen LogP contribution >= 0.6 is 0 Å². The van der Waals surface area contributed by atoms with Gasteiger partial charge in [0.15, 0.2) is 5.78 Å². The first-order valence-corrected chi connectivity index (χ1v) is 9.15. The largest absolute Gasteiger partial charge is 0.507 e. The Hall–Kier alpha value is -1.71. The van der Waals surface area contributed by atoms with Gasteiger partial charge in [0.1, 0.15) is 28.4 Å². The van der Waals surface area contributed by atoms with E-state index in [1.165, 1.54) is 25.3 Å². The minimum absolute atomic E-state index is 0.00844. The maximum atomic E-state index is 12.6. The normalized spacial score (nSPS) is 15.6. The summed E-state index contributed by atoms with van der Waals surface area (Å²) in [7, 11) is 0. The molecular weight excluding hydrogens is 304 g/mol. The molecule has 2 rings (SSSR count). The molecule has 0 unspecified atom stereocenters. The lowest BCUT2D eigenvalue weighted by Crippen LogP contribution is -2.33. The Bertz CT molecular complexity index is 590. The molecule has 0 atom stereocenters. The molecule has 0 radical (unpaired) electrons. The lowest BCUT2D eigenvalue weighted by atomic mass is 9.90. The van der Waals surface area contributed by atoms with Crippen molar-refractivity contribution in [3.05, 3.63) is 17.2 Å². The highest BCUT2D eigenvalue weighted by Gasteiger charge is 2.33. The third-order valence-corrected chi connectivity index (χ3v) is 4.73. The maximum absolute atomic E-state index is 12.6. The van der Waals surface area contributed by atoms with Crippen LogP contribution in [0.5, 0.6) is 17.2 Å². The van der Waals surface area contributed by atoms with Crippen LogP contribution in [0.15, 0.2) is 6.07 Å². The molecule has 1 aromatic rings. The number of unbranched alkanes of at least 4 members (excludes halogenated alkanes) is 5. The van der Waals surface area contributed by atoms with Crippen molar-refractivity contribution in [1.82, 2.24) is 0 Å². The molecular formula is C20H30O4. The summed E-state index contributed by atoms with van der Waals surface area (Å²) in [5, 5.41) is 20.3. The molecule has 24 heavy (non-hydrogen) atoms. The molecule has 0 spiro atoms. The molecule has 0 aliphatic carbocycles. The molecule has 0 bridgehead atoms. The molecule has 4 heteroatoms. The number of phenolic OH excluding ortho intramolecular Hbond substituents is 2. The Kier molecular flexibility index (Phi) is 6.14. The Labute approximate surface area is 144 Å². The fourth-order valence-electron chi connectivity index (χ4n) is 3.24. The molecule has 4 nitrogen and oxygen atoms in total. The molecule has 1 aliphatic rings. The van der Waals surface area contributed by atoms with Crippen molar-refractivity contribution >= 4 is 5.78 Å². The molecule has 1 heterocycles. The van der Waals surface area contributed by atoms with Gasteiger partial charge in [-0.1, -0.05) is 39.0 Å². The molecule has 0 saturated heterocycles. The highest BCUT2D eigenvalue weighted by molar-refractivity contribution is 6.02. The summed E-state index contributed by atoms with van der Waals surface area (Å²) in [5.74, 6) is 0.103. The van der Waals surface area contributed by atoms with Crippen molar-refractivity contribution < 1.29 is 19.7 Å². The number of carbonyl (C=O) groups excluding carboxylic acids is 1. The number of ketones is 1. The van der Waals surface area contributed by atoms with Gasteiger partial charge in [-0.2, -0.15) is 0 Å². The summed E-state index contributed by atoms with van der Waals surface area (Å²) in [4.78, 5) is 12.6. The summed E-state index contributed by atoms with van der Waals surface area (Å²) in [5.41, 5.74) is 0.477. The molecule has 1 aliphatic heterocycles. The average molecular weight is 334 g/mol. The van der Waals surface area contributed by atoms with Crippen LogP contribution in [0, 0.1) is 0 Å². The van der Waals surface area contributed by atoms with E-state index in [-0.39, 0.29) is 22.8 Å². The fraction of sp³-hybridized carbons (Fsp3) is 0.650. The van der Waals surface area contributed by atoms with Gasteiger partial charge < -0.3 is 14.9 Å². The standard InChI is InChI=1S/C20H30O4/c1-4-5-6-7-8-9-10-15(21)18-17(23)13-16(22)14-11-12-20(2,3)24-19(14)18/h13,22-23H,4-12H2,1-3H3. The van der Waals surface area contributed by atoms with Crippen LogP contribution < -0.4 is 4.74 Å². The number of aromatic hydroxyl groups is 2. The molecule has 134 valence electrons. The number of benzene rings is 1. The van der Waals surface area contributed by atoms with E-state index in [0.29, 0.717) is 24.2 Å². The third-order valence-electron chi connectivity index (χ3n) is 4.73. The number of rotatable bonds is 8. The zero-order valence-electron chi connectivity index (χ0n) is 15.2. The Balaban J connectivity index is 2.10. The zero-order valence-corrected chi connectivity index (χ0v) is 15.2. The quantitative estimate of drug-likeness (QED) is 0.510. The number of fused-ring (bicyclic) bond motifs is 1. The first kappa shape index (κ1) is 18.6. The lowest BCUT2D eigenvalue weighted by molar-refractivity contribution is 0.0788. The molecule has 0 fully saturated rings. The van der Waals surface area contributed by atoms with E-state index in [9.17, 15) is 15.0 Å². The van der Waals surface area contributed by atoms with Crippen LogP contribution in [-0.2, 0) is 6.42 Å². The second kappa shape index (κ2) is 7.91. The van der Waals surface area contributed by atoms with Gasteiger partial charge >= 0.3 is 0 Å². The summed E-state index contributed by atoms with van der Waals surface area (Å²) in [6, 6.07) is 1.27. The van der Waals surface area contributed by atoms with Crippen LogP contribution in [0.1, 0.15) is 88.1 Å². The first-order chi connectivity index (χ1) is 11.4. The van der Waals surface area contributed by atoms with E-state index in [1.54, 1.807) is 0 Å². The van der Waals surface area contributed by atoms with Crippen LogP contribution in [-0.4, -0.2) is 21.6 Å². The van der Waals surface area contributed by atoms with Gasteiger partial charge in [0.05, 0.1) is 0 Å². The molecule has 0 aromatic heterocycles.